The molecule has 0 nitrogen and oxygen atoms in total. The summed E-state index contributed by atoms with van der Waals surface area (Å²) in [6, 6.07) is 0. The van der Waals surface area contributed by atoms with Gasteiger partial charge in [-0.1, -0.05) is 23.3 Å². The van der Waals surface area contributed by atoms with Gasteiger partial charge in [-0.25, -0.2) is 0 Å². The van der Waals surface area contributed by atoms with Crippen LogP contribution in [-0.4, -0.2) is 0 Å². The van der Waals surface area contributed by atoms with Crippen LogP contribution in [0.2, 0.25) is 0 Å². The van der Waals surface area contributed by atoms with Crippen LogP contribution < -0.4 is 0 Å². The van der Waals surface area contributed by atoms with Crippen molar-refractivity contribution in [3.05, 3.63) is 23.3 Å². The Hall–Kier alpha value is 0.210. The summed E-state index contributed by atoms with van der Waals surface area (Å²) in [7, 11) is 0. The summed E-state index contributed by atoms with van der Waals surface area (Å²) >= 11 is 0. The van der Waals surface area contributed by atoms with Crippen LogP contribution in [0.4, 0.5) is 0 Å². The van der Waals surface area contributed by atoms with Gasteiger partial charge in [-0.3, -0.25) is 0 Å². The summed E-state index contributed by atoms with van der Waals surface area (Å²) in [5.41, 5.74) is 3.00. The third-order valence-electron chi connectivity index (χ3n) is 1.73. The van der Waals surface area contributed by atoms with E-state index in [-0.39, 0.29) is 24.0 Å². The lowest BCUT2D eigenvalue weighted by Gasteiger charge is -2.06. The highest BCUT2D eigenvalue weighted by molar-refractivity contribution is 14.0. The summed E-state index contributed by atoms with van der Waals surface area (Å²) in [4.78, 5) is 0. The molecule has 0 amide bonds. The molecule has 0 bridgehead atoms. The lowest BCUT2D eigenvalue weighted by atomic mass is 10.0. The van der Waals surface area contributed by atoms with E-state index in [2.05, 4.69) is 26.0 Å². The van der Waals surface area contributed by atoms with E-state index >= 15 is 0 Å². The molecular formula is C8H13I. The van der Waals surface area contributed by atoms with Crippen molar-refractivity contribution in [2.75, 3.05) is 0 Å². The van der Waals surface area contributed by atoms with Crippen molar-refractivity contribution in [1.29, 1.82) is 0 Å². The topological polar surface area (TPSA) is 0 Å². The minimum Gasteiger partial charge on any atom is -0.107 e. The van der Waals surface area contributed by atoms with Gasteiger partial charge in [-0.05, 0) is 26.7 Å². The van der Waals surface area contributed by atoms with E-state index in [4.69, 9.17) is 0 Å². The van der Waals surface area contributed by atoms with Crippen LogP contribution in [0, 0.1) is 0 Å². The standard InChI is InChI=1S/C8H12.HI/c1-7-5-3-4-6-8(7)2;/h3,5H,4,6H2,1-2H3;1H. The van der Waals surface area contributed by atoms with E-state index in [1.807, 2.05) is 0 Å². The summed E-state index contributed by atoms with van der Waals surface area (Å²) in [5.74, 6) is 0. The molecule has 0 heterocycles. The minimum atomic E-state index is 0. The Morgan fingerprint density at radius 3 is 2.33 bits per heavy atom. The summed E-state index contributed by atoms with van der Waals surface area (Å²) in [6.45, 7) is 4.38. The number of rotatable bonds is 0. The fourth-order valence-electron chi connectivity index (χ4n) is 0.899. The van der Waals surface area contributed by atoms with Gasteiger partial charge >= 0.3 is 0 Å². The van der Waals surface area contributed by atoms with Gasteiger partial charge in [0.15, 0.2) is 0 Å². The molecule has 1 aliphatic carbocycles. The van der Waals surface area contributed by atoms with Gasteiger partial charge in [0, 0.05) is 0 Å². The Morgan fingerprint density at radius 2 is 2.00 bits per heavy atom. The average molecular weight is 236 g/mol. The molecule has 1 heteroatoms. The van der Waals surface area contributed by atoms with E-state index < -0.39 is 0 Å². The maximum absolute atomic E-state index is 2.24. The van der Waals surface area contributed by atoms with Gasteiger partial charge in [0.25, 0.3) is 0 Å². The molecule has 52 valence electrons. The third kappa shape index (κ3) is 2.52. The molecule has 0 radical (unpaired) electrons. The van der Waals surface area contributed by atoms with Crippen molar-refractivity contribution in [3.8, 4) is 0 Å². The molecule has 0 aromatic heterocycles. The van der Waals surface area contributed by atoms with E-state index in [0.29, 0.717) is 0 Å². The minimum absolute atomic E-state index is 0. The lowest BCUT2D eigenvalue weighted by molar-refractivity contribution is 0.939. The summed E-state index contributed by atoms with van der Waals surface area (Å²) < 4.78 is 0. The van der Waals surface area contributed by atoms with E-state index in [0.717, 1.165) is 0 Å². The Kier molecular flexibility index (Phi) is 4.19. The Labute approximate surface area is 74.1 Å². The second kappa shape index (κ2) is 4.09. The molecule has 0 spiro atoms. The van der Waals surface area contributed by atoms with E-state index in [9.17, 15) is 0 Å². The molecule has 9 heavy (non-hydrogen) atoms. The van der Waals surface area contributed by atoms with Gasteiger partial charge in [-0.2, -0.15) is 0 Å². The van der Waals surface area contributed by atoms with E-state index in [1.54, 1.807) is 5.57 Å². The van der Waals surface area contributed by atoms with Crippen LogP contribution >= 0.6 is 24.0 Å². The van der Waals surface area contributed by atoms with Crippen molar-refractivity contribution < 1.29 is 0 Å². The van der Waals surface area contributed by atoms with Crippen LogP contribution in [0.3, 0.4) is 0 Å². The maximum Gasteiger partial charge on any atom is -0.0282 e. The van der Waals surface area contributed by atoms with Crippen molar-refractivity contribution in [1.82, 2.24) is 0 Å². The first kappa shape index (κ1) is 9.21. The number of halogens is 1. The third-order valence-corrected chi connectivity index (χ3v) is 1.73. The molecule has 0 saturated carbocycles. The SMILES string of the molecule is CC1=C(C)CCC=C1.I. The lowest BCUT2D eigenvalue weighted by Crippen LogP contribution is -1.85. The molecule has 0 aromatic rings. The van der Waals surface area contributed by atoms with Gasteiger partial charge in [0.1, 0.15) is 0 Å². The monoisotopic (exact) mass is 236 g/mol. The zero-order valence-corrected chi connectivity index (χ0v) is 8.31. The Bertz CT molecular complexity index is 143. The first-order chi connectivity index (χ1) is 3.80. The van der Waals surface area contributed by atoms with Crippen LogP contribution in [0.5, 0.6) is 0 Å². The normalized spacial score (nSPS) is 17.6. The quantitative estimate of drug-likeness (QED) is 0.566. The molecule has 0 fully saturated rings. The largest absolute Gasteiger partial charge is 0.107 e. The molecule has 0 aromatic carbocycles. The number of hydrogen-bond donors (Lipinski definition) is 0. The molecule has 0 atom stereocenters. The van der Waals surface area contributed by atoms with Crippen LogP contribution in [0.15, 0.2) is 23.3 Å². The van der Waals surface area contributed by atoms with Crippen molar-refractivity contribution in [2.45, 2.75) is 26.7 Å². The number of allylic oxidation sites excluding steroid dienone is 4. The van der Waals surface area contributed by atoms with Crippen molar-refractivity contribution in [2.24, 2.45) is 0 Å². The fourth-order valence-corrected chi connectivity index (χ4v) is 0.899. The highest BCUT2D eigenvalue weighted by Gasteiger charge is 1.96. The second-order valence-electron chi connectivity index (χ2n) is 2.40. The first-order valence-corrected chi connectivity index (χ1v) is 3.13. The molecule has 0 aliphatic heterocycles. The maximum atomic E-state index is 2.24. The van der Waals surface area contributed by atoms with Crippen LogP contribution in [-0.2, 0) is 0 Å². The second-order valence-corrected chi connectivity index (χ2v) is 2.40. The highest BCUT2D eigenvalue weighted by Crippen LogP contribution is 2.16. The Morgan fingerprint density at radius 1 is 1.33 bits per heavy atom. The predicted octanol–water partition coefficient (Wildman–Crippen LogP) is 3.29. The molecule has 0 unspecified atom stereocenters. The summed E-state index contributed by atoms with van der Waals surface area (Å²) in [6.07, 6.45) is 6.95. The zero-order chi connectivity index (χ0) is 5.98. The van der Waals surface area contributed by atoms with Crippen molar-refractivity contribution >= 4 is 24.0 Å². The van der Waals surface area contributed by atoms with Crippen LogP contribution in [0.1, 0.15) is 26.7 Å². The number of hydrogen-bond acceptors (Lipinski definition) is 0. The molecular weight excluding hydrogens is 223 g/mol. The van der Waals surface area contributed by atoms with Gasteiger partial charge in [-0.15, -0.1) is 24.0 Å². The first-order valence-electron chi connectivity index (χ1n) is 3.13. The van der Waals surface area contributed by atoms with Crippen molar-refractivity contribution in [3.63, 3.8) is 0 Å². The highest BCUT2D eigenvalue weighted by atomic mass is 127. The van der Waals surface area contributed by atoms with Gasteiger partial charge in [0.2, 0.25) is 0 Å². The fraction of sp³-hybridized carbons (Fsp3) is 0.500. The summed E-state index contributed by atoms with van der Waals surface area (Å²) in [5, 5.41) is 0. The van der Waals surface area contributed by atoms with Gasteiger partial charge in [0.05, 0.1) is 0 Å². The molecule has 0 saturated heterocycles. The predicted molar refractivity (Wildman–Crippen MR) is 52.2 cm³/mol. The van der Waals surface area contributed by atoms with Gasteiger partial charge < -0.3 is 0 Å². The van der Waals surface area contributed by atoms with E-state index in [1.165, 1.54) is 18.4 Å². The molecule has 1 rings (SSSR count). The zero-order valence-electron chi connectivity index (χ0n) is 5.98. The average Bonchev–Trinajstić information content (AvgIpc) is 1.77. The van der Waals surface area contributed by atoms with Crippen LogP contribution in [0.25, 0.3) is 0 Å². The Balaban J connectivity index is 0.000000640. The smallest absolute Gasteiger partial charge is 0.0282 e. The molecule has 0 N–H and O–H groups in total. The molecule has 1 aliphatic rings.